The molecule has 0 aliphatic heterocycles. The zero-order valence-corrected chi connectivity index (χ0v) is 31.1. The van der Waals surface area contributed by atoms with E-state index in [9.17, 15) is 0 Å². The Morgan fingerprint density at radius 3 is 0.894 bits per heavy atom. The first-order valence-corrected chi connectivity index (χ1v) is 18.2. The fourth-order valence-electron chi connectivity index (χ4n) is 7.19. The van der Waals surface area contributed by atoms with E-state index >= 15 is 0 Å². The largest absolute Gasteiger partial charge is 0.372 e. The van der Waals surface area contributed by atoms with Gasteiger partial charge in [0.15, 0.2) is 0 Å². The Kier molecular flexibility index (Phi) is 12.8. The van der Waals surface area contributed by atoms with Crippen LogP contribution in [-0.2, 0) is 6.42 Å². The molecule has 0 unspecified atom stereocenters. The molecule has 0 aliphatic carbocycles. The third-order valence-corrected chi connectivity index (χ3v) is 10.1. The Hall–Kier alpha value is -3.92. The van der Waals surface area contributed by atoms with E-state index in [-0.39, 0.29) is 0 Å². The lowest BCUT2D eigenvalue weighted by atomic mass is 9.87. The second-order valence-electron chi connectivity index (χ2n) is 12.5. The molecule has 4 aromatic carbocycles. The van der Waals surface area contributed by atoms with Gasteiger partial charge in [-0.05, 0) is 169 Å². The number of hydrogen-bond donors (Lipinski definition) is 0. The molecule has 0 saturated heterocycles. The minimum absolute atomic E-state index is 0.871. The van der Waals surface area contributed by atoms with Crippen molar-refractivity contribution in [3.05, 3.63) is 95.1 Å². The first kappa shape index (κ1) is 35.9. The van der Waals surface area contributed by atoms with Gasteiger partial charge in [-0.15, -0.1) is 0 Å². The number of hydrogen-bond acceptors (Lipinski definition) is 4. The van der Waals surface area contributed by atoms with E-state index in [1.54, 1.807) is 0 Å². The van der Waals surface area contributed by atoms with Crippen molar-refractivity contribution in [2.24, 2.45) is 0 Å². The molecule has 4 nitrogen and oxygen atoms in total. The van der Waals surface area contributed by atoms with Crippen LogP contribution in [0, 0.1) is 13.8 Å². The van der Waals surface area contributed by atoms with Crippen molar-refractivity contribution >= 4 is 22.7 Å². The van der Waals surface area contributed by atoms with Crippen molar-refractivity contribution < 1.29 is 0 Å². The fraction of sp³-hybridized carbons (Fsp3) is 0.442. The topological polar surface area (TPSA) is 13.0 Å². The fourth-order valence-corrected chi connectivity index (χ4v) is 7.19. The first-order chi connectivity index (χ1) is 22.8. The third kappa shape index (κ3) is 7.97. The van der Waals surface area contributed by atoms with Crippen LogP contribution in [0.5, 0.6) is 0 Å². The summed E-state index contributed by atoms with van der Waals surface area (Å²) in [5.74, 6) is 0. The molecule has 0 amide bonds. The van der Waals surface area contributed by atoms with Gasteiger partial charge in [0.1, 0.15) is 0 Å². The molecule has 0 N–H and O–H groups in total. The van der Waals surface area contributed by atoms with Gasteiger partial charge in [-0.3, -0.25) is 0 Å². The maximum absolute atomic E-state index is 2.46. The summed E-state index contributed by atoms with van der Waals surface area (Å²) in [4.78, 5) is 9.78. The number of nitrogens with zero attached hydrogens (tertiary/aromatic N) is 4. The SMILES string of the molecule is CCN(CC)c1ccc(-c2cc(N(CC)CC)ccc2Cc2ccc(N(CC)CC)cc2-c2ccc(N(CC)CC)cc2C)c(C)c1. The minimum Gasteiger partial charge on any atom is -0.372 e. The van der Waals surface area contributed by atoms with Crippen molar-refractivity contribution in [2.75, 3.05) is 72.0 Å². The van der Waals surface area contributed by atoms with E-state index in [2.05, 4.69) is 162 Å². The maximum Gasteiger partial charge on any atom is 0.0372 e. The van der Waals surface area contributed by atoms with Crippen molar-refractivity contribution in [1.82, 2.24) is 0 Å². The van der Waals surface area contributed by atoms with E-state index in [1.165, 1.54) is 67.3 Å². The molecule has 0 spiro atoms. The summed E-state index contributed by atoms with van der Waals surface area (Å²) in [5.41, 5.74) is 15.9. The van der Waals surface area contributed by atoms with Crippen LogP contribution in [-0.4, -0.2) is 52.4 Å². The van der Waals surface area contributed by atoms with Crippen molar-refractivity contribution in [2.45, 2.75) is 75.7 Å². The second kappa shape index (κ2) is 16.8. The van der Waals surface area contributed by atoms with Crippen LogP contribution in [0.3, 0.4) is 0 Å². The zero-order valence-electron chi connectivity index (χ0n) is 31.1. The van der Waals surface area contributed by atoms with E-state index in [1.807, 2.05) is 0 Å². The van der Waals surface area contributed by atoms with E-state index < -0.39 is 0 Å². The van der Waals surface area contributed by atoms with Crippen LogP contribution in [0.1, 0.15) is 77.6 Å². The van der Waals surface area contributed by atoms with Gasteiger partial charge < -0.3 is 19.6 Å². The molecule has 0 aliphatic rings. The van der Waals surface area contributed by atoms with E-state index in [0.717, 1.165) is 58.8 Å². The smallest absolute Gasteiger partial charge is 0.0372 e. The first-order valence-electron chi connectivity index (χ1n) is 18.2. The lowest BCUT2D eigenvalue weighted by molar-refractivity contribution is 0.864. The van der Waals surface area contributed by atoms with Gasteiger partial charge >= 0.3 is 0 Å². The van der Waals surface area contributed by atoms with Crippen molar-refractivity contribution in [1.29, 1.82) is 0 Å². The molecule has 0 saturated carbocycles. The highest BCUT2D eigenvalue weighted by molar-refractivity contribution is 5.80. The predicted octanol–water partition coefficient (Wildman–Crippen LogP) is 10.6. The maximum atomic E-state index is 2.46. The molecule has 0 bridgehead atoms. The average molecular weight is 633 g/mol. The minimum atomic E-state index is 0.871. The summed E-state index contributed by atoms with van der Waals surface area (Å²) >= 11 is 0. The van der Waals surface area contributed by atoms with Gasteiger partial charge in [0.05, 0.1) is 0 Å². The molecule has 4 heteroatoms. The Bertz CT molecular complexity index is 1470. The molecule has 0 radical (unpaired) electrons. The Morgan fingerprint density at radius 2 is 0.617 bits per heavy atom. The Morgan fingerprint density at radius 1 is 0.340 bits per heavy atom. The quantitative estimate of drug-likeness (QED) is 0.122. The van der Waals surface area contributed by atoms with Crippen LogP contribution in [0.2, 0.25) is 0 Å². The van der Waals surface area contributed by atoms with E-state index in [4.69, 9.17) is 0 Å². The molecule has 0 heterocycles. The number of benzene rings is 4. The second-order valence-corrected chi connectivity index (χ2v) is 12.5. The summed E-state index contributed by atoms with van der Waals surface area (Å²) in [6.07, 6.45) is 0.871. The van der Waals surface area contributed by atoms with Crippen LogP contribution in [0.4, 0.5) is 22.7 Å². The highest BCUT2D eigenvalue weighted by Crippen LogP contribution is 2.38. The van der Waals surface area contributed by atoms with Crippen molar-refractivity contribution in [3.63, 3.8) is 0 Å². The van der Waals surface area contributed by atoms with Crippen LogP contribution < -0.4 is 19.6 Å². The Labute approximate surface area is 287 Å². The number of rotatable bonds is 16. The molecule has 0 atom stereocenters. The zero-order chi connectivity index (χ0) is 34.1. The number of anilines is 4. The summed E-state index contributed by atoms with van der Waals surface area (Å²) in [5, 5.41) is 0. The molecular weight excluding hydrogens is 573 g/mol. The highest BCUT2D eigenvalue weighted by atomic mass is 15.1. The number of aryl methyl sites for hydroxylation is 2. The summed E-state index contributed by atoms with van der Waals surface area (Å²) < 4.78 is 0. The van der Waals surface area contributed by atoms with Gasteiger partial charge in [0, 0.05) is 75.1 Å². The third-order valence-electron chi connectivity index (χ3n) is 10.1. The molecular formula is C43H60N4. The van der Waals surface area contributed by atoms with Crippen molar-refractivity contribution in [3.8, 4) is 22.3 Å². The summed E-state index contributed by atoms with van der Waals surface area (Å²) in [6.45, 7) is 30.5. The average Bonchev–Trinajstić information content (AvgIpc) is 3.08. The van der Waals surface area contributed by atoms with Crippen LogP contribution in [0.25, 0.3) is 22.3 Å². The van der Waals surface area contributed by atoms with Gasteiger partial charge in [-0.25, -0.2) is 0 Å². The molecule has 0 fully saturated rings. The van der Waals surface area contributed by atoms with E-state index in [0.29, 0.717) is 0 Å². The molecule has 47 heavy (non-hydrogen) atoms. The standard InChI is InChI=1S/C43H60N4/c1-11-44(12-2)36-23-25-40(32(9)27-36)42-30-38(46(15-5)16-6)21-19-34(42)29-35-20-22-39(47(17-7)18-8)31-43(35)41-26-24-37(28-33(41)10)45(13-3)14-4/h19-28,30-31H,11-18,29H2,1-10H3. The van der Waals surface area contributed by atoms with Crippen LogP contribution >= 0.6 is 0 Å². The normalized spacial score (nSPS) is 11.1. The lowest BCUT2D eigenvalue weighted by Gasteiger charge is -2.26. The Balaban J connectivity index is 1.89. The highest BCUT2D eigenvalue weighted by Gasteiger charge is 2.18. The predicted molar refractivity (Wildman–Crippen MR) is 210 cm³/mol. The monoisotopic (exact) mass is 632 g/mol. The summed E-state index contributed by atoms with van der Waals surface area (Å²) in [7, 11) is 0. The van der Waals surface area contributed by atoms with Gasteiger partial charge in [-0.2, -0.15) is 0 Å². The van der Waals surface area contributed by atoms with Crippen LogP contribution in [0.15, 0.2) is 72.8 Å². The molecule has 4 rings (SSSR count). The molecule has 4 aromatic rings. The molecule has 0 aromatic heterocycles. The van der Waals surface area contributed by atoms with Gasteiger partial charge in [0.25, 0.3) is 0 Å². The van der Waals surface area contributed by atoms with Gasteiger partial charge in [0.2, 0.25) is 0 Å². The summed E-state index contributed by atoms with van der Waals surface area (Å²) in [6, 6.07) is 28.4. The molecule has 252 valence electrons. The lowest BCUT2D eigenvalue weighted by Crippen LogP contribution is -2.22. The van der Waals surface area contributed by atoms with Gasteiger partial charge in [-0.1, -0.05) is 24.3 Å².